The van der Waals surface area contributed by atoms with Crippen molar-refractivity contribution in [2.24, 2.45) is 0 Å². The quantitative estimate of drug-likeness (QED) is 0.685. The number of methoxy groups -OCH3 is 1. The van der Waals surface area contributed by atoms with Crippen LogP contribution in [0, 0.1) is 6.92 Å². The first kappa shape index (κ1) is 19.1. The van der Waals surface area contributed by atoms with E-state index in [9.17, 15) is 4.79 Å². The minimum Gasteiger partial charge on any atom is -0.493 e. The number of carboxylic acid groups (broad SMARTS) is 1. The number of hydrogen-bond acceptors (Lipinski definition) is 4. The van der Waals surface area contributed by atoms with Crippen molar-refractivity contribution in [3.8, 4) is 11.5 Å². The molecule has 0 spiro atoms. The fourth-order valence-corrected chi connectivity index (χ4v) is 2.85. The van der Waals surface area contributed by atoms with Crippen LogP contribution in [0.15, 0.2) is 34.8 Å². The number of aryl methyl sites for hydroxylation is 1. The van der Waals surface area contributed by atoms with Gasteiger partial charge in [0.05, 0.1) is 18.8 Å². The third kappa shape index (κ3) is 4.66. The van der Waals surface area contributed by atoms with Gasteiger partial charge in [-0.25, -0.2) is 4.79 Å². The predicted molar refractivity (Wildman–Crippen MR) is 102 cm³/mol. The average molecular weight is 408 g/mol. The van der Waals surface area contributed by atoms with Crippen molar-refractivity contribution >= 4 is 27.6 Å². The number of aromatic carboxylic acids is 1. The Balaban J connectivity index is 2.34. The molecule has 0 heterocycles. The third-order valence-corrected chi connectivity index (χ3v) is 4.42. The first-order valence-electron chi connectivity index (χ1n) is 7.93. The number of rotatable bonds is 7. The number of carbonyl (C=O) groups is 1. The molecular weight excluding hydrogens is 386 g/mol. The minimum absolute atomic E-state index is 0.000903. The van der Waals surface area contributed by atoms with Crippen LogP contribution in [0.2, 0.25) is 0 Å². The molecular formula is C19H22BrNO4. The zero-order chi connectivity index (χ0) is 18.6. The number of nitrogens with one attached hydrogen (secondary N) is 1. The lowest BCUT2D eigenvalue weighted by atomic mass is 10.1. The van der Waals surface area contributed by atoms with E-state index in [1.54, 1.807) is 25.3 Å². The Hall–Kier alpha value is -2.21. The molecule has 0 unspecified atom stereocenters. The van der Waals surface area contributed by atoms with Gasteiger partial charge >= 0.3 is 5.97 Å². The Morgan fingerprint density at radius 3 is 2.60 bits per heavy atom. The van der Waals surface area contributed by atoms with Gasteiger partial charge in [0.1, 0.15) is 0 Å². The van der Waals surface area contributed by atoms with E-state index in [1.807, 2.05) is 32.9 Å². The highest BCUT2D eigenvalue weighted by Gasteiger charge is 2.16. The van der Waals surface area contributed by atoms with Crippen molar-refractivity contribution in [1.29, 1.82) is 0 Å². The summed E-state index contributed by atoms with van der Waals surface area (Å²) in [5.41, 5.74) is 2.89. The van der Waals surface area contributed by atoms with E-state index in [2.05, 4.69) is 21.2 Å². The Kier molecular flexibility index (Phi) is 6.31. The standard InChI is InChI=1S/C19H22BrNO4/c1-11(2)25-18-14(15(20)7-8-17(18)24-4)10-21-16-9-13(19(22)23)6-5-12(16)3/h5-9,11,21H,10H2,1-4H3,(H,22,23). The minimum atomic E-state index is -0.950. The molecule has 0 aromatic heterocycles. The lowest BCUT2D eigenvalue weighted by Gasteiger charge is -2.20. The van der Waals surface area contributed by atoms with Crippen molar-refractivity contribution in [2.75, 3.05) is 12.4 Å². The Labute approximate surface area is 156 Å². The molecule has 0 saturated heterocycles. The van der Waals surface area contributed by atoms with Crippen LogP contribution in [0.5, 0.6) is 11.5 Å². The fourth-order valence-electron chi connectivity index (χ4n) is 2.40. The molecule has 25 heavy (non-hydrogen) atoms. The van der Waals surface area contributed by atoms with Gasteiger partial charge in [-0.1, -0.05) is 22.0 Å². The van der Waals surface area contributed by atoms with E-state index < -0.39 is 5.97 Å². The summed E-state index contributed by atoms with van der Waals surface area (Å²) in [5.74, 6) is 0.380. The number of benzene rings is 2. The van der Waals surface area contributed by atoms with Crippen molar-refractivity contribution in [2.45, 2.75) is 33.4 Å². The predicted octanol–water partition coefficient (Wildman–Crippen LogP) is 4.86. The molecule has 2 N–H and O–H groups in total. The largest absolute Gasteiger partial charge is 0.493 e. The van der Waals surface area contributed by atoms with Crippen molar-refractivity contribution in [3.05, 3.63) is 51.5 Å². The molecule has 0 saturated carbocycles. The summed E-state index contributed by atoms with van der Waals surface area (Å²) in [4.78, 5) is 11.2. The van der Waals surface area contributed by atoms with Crippen LogP contribution in [-0.4, -0.2) is 24.3 Å². The van der Waals surface area contributed by atoms with Gasteiger partial charge < -0.3 is 19.9 Å². The zero-order valence-electron chi connectivity index (χ0n) is 14.7. The first-order valence-corrected chi connectivity index (χ1v) is 8.72. The molecule has 0 radical (unpaired) electrons. The van der Waals surface area contributed by atoms with Crippen LogP contribution in [-0.2, 0) is 6.54 Å². The molecule has 0 bridgehead atoms. The van der Waals surface area contributed by atoms with Gasteiger partial charge in [-0.2, -0.15) is 0 Å². The normalized spacial score (nSPS) is 10.6. The van der Waals surface area contributed by atoms with E-state index in [0.29, 0.717) is 18.0 Å². The number of anilines is 1. The summed E-state index contributed by atoms with van der Waals surface area (Å²) >= 11 is 3.56. The van der Waals surface area contributed by atoms with Crippen molar-refractivity contribution in [3.63, 3.8) is 0 Å². The van der Waals surface area contributed by atoms with Gasteiger partial charge in [-0.3, -0.25) is 0 Å². The number of halogens is 1. The summed E-state index contributed by atoms with van der Waals surface area (Å²) in [6.07, 6.45) is -0.000903. The van der Waals surface area contributed by atoms with Crippen LogP contribution in [0.25, 0.3) is 0 Å². The number of carboxylic acids is 1. The maximum atomic E-state index is 11.2. The third-order valence-electron chi connectivity index (χ3n) is 3.68. The van der Waals surface area contributed by atoms with Crippen LogP contribution in [0.3, 0.4) is 0 Å². The molecule has 0 atom stereocenters. The van der Waals surface area contributed by atoms with Crippen LogP contribution in [0.4, 0.5) is 5.69 Å². The van der Waals surface area contributed by atoms with E-state index >= 15 is 0 Å². The summed E-state index contributed by atoms with van der Waals surface area (Å²) in [6.45, 7) is 6.31. The number of ether oxygens (including phenoxy) is 2. The molecule has 2 aromatic carbocycles. The van der Waals surface area contributed by atoms with Gasteiger partial charge in [0, 0.05) is 22.3 Å². The average Bonchev–Trinajstić information content (AvgIpc) is 2.55. The zero-order valence-corrected chi connectivity index (χ0v) is 16.3. The first-order chi connectivity index (χ1) is 11.8. The second-order valence-corrected chi connectivity index (χ2v) is 6.77. The molecule has 5 nitrogen and oxygen atoms in total. The van der Waals surface area contributed by atoms with Gasteiger partial charge in [-0.05, 0) is 50.6 Å². The molecule has 0 aliphatic heterocycles. The second-order valence-electron chi connectivity index (χ2n) is 5.91. The maximum absolute atomic E-state index is 11.2. The second kappa shape index (κ2) is 8.25. The van der Waals surface area contributed by atoms with Gasteiger partial charge in [-0.15, -0.1) is 0 Å². The molecule has 0 aliphatic rings. The highest BCUT2D eigenvalue weighted by molar-refractivity contribution is 9.10. The lowest BCUT2D eigenvalue weighted by Crippen LogP contribution is -2.11. The van der Waals surface area contributed by atoms with E-state index in [0.717, 1.165) is 21.3 Å². The summed E-state index contributed by atoms with van der Waals surface area (Å²) in [5, 5.41) is 12.5. The highest BCUT2D eigenvalue weighted by atomic mass is 79.9. The lowest BCUT2D eigenvalue weighted by molar-refractivity contribution is 0.0697. The van der Waals surface area contributed by atoms with E-state index in [-0.39, 0.29) is 11.7 Å². The van der Waals surface area contributed by atoms with Gasteiger partial charge in [0.15, 0.2) is 11.5 Å². The van der Waals surface area contributed by atoms with Gasteiger partial charge in [0.25, 0.3) is 0 Å². The van der Waals surface area contributed by atoms with Gasteiger partial charge in [0.2, 0.25) is 0 Å². The monoisotopic (exact) mass is 407 g/mol. The molecule has 0 aliphatic carbocycles. The fraction of sp³-hybridized carbons (Fsp3) is 0.316. The summed E-state index contributed by atoms with van der Waals surface area (Å²) < 4.78 is 12.2. The molecule has 134 valence electrons. The van der Waals surface area contributed by atoms with Crippen molar-refractivity contribution < 1.29 is 19.4 Å². The maximum Gasteiger partial charge on any atom is 0.335 e. The van der Waals surface area contributed by atoms with Crippen molar-refractivity contribution in [1.82, 2.24) is 0 Å². The molecule has 2 aromatic rings. The van der Waals surface area contributed by atoms with Crippen LogP contribution < -0.4 is 14.8 Å². The van der Waals surface area contributed by atoms with E-state index in [4.69, 9.17) is 14.6 Å². The summed E-state index contributed by atoms with van der Waals surface area (Å²) in [6, 6.07) is 8.77. The van der Waals surface area contributed by atoms with E-state index in [1.165, 1.54) is 0 Å². The van der Waals surface area contributed by atoms with Crippen LogP contribution >= 0.6 is 15.9 Å². The Morgan fingerprint density at radius 1 is 1.28 bits per heavy atom. The molecule has 0 amide bonds. The van der Waals surface area contributed by atoms with Crippen LogP contribution in [0.1, 0.15) is 35.3 Å². The molecule has 6 heteroatoms. The SMILES string of the molecule is COc1ccc(Br)c(CNc2cc(C(=O)O)ccc2C)c1OC(C)C. The topological polar surface area (TPSA) is 67.8 Å². The smallest absolute Gasteiger partial charge is 0.335 e. The Bertz CT molecular complexity index is 774. The molecule has 0 fully saturated rings. The summed E-state index contributed by atoms with van der Waals surface area (Å²) in [7, 11) is 1.61. The Morgan fingerprint density at radius 2 is 2.00 bits per heavy atom. The molecule has 2 rings (SSSR count). The number of hydrogen-bond donors (Lipinski definition) is 2. The highest BCUT2D eigenvalue weighted by Crippen LogP contribution is 2.37.